The lowest BCUT2D eigenvalue weighted by molar-refractivity contribution is -0.313. The van der Waals surface area contributed by atoms with Crippen molar-refractivity contribution in [3.63, 3.8) is 0 Å². The number of unbranched alkanes of at least 4 members (excludes halogenated alkanes) is 3. The van der Waals surface area contributed by atoms with Crippen molar-refractivity contribution in [3.05, 3.63) is 0 Å². The summed E-state index contributed by atoms with van der Waals surface area (Å²) in [6.45, 7) is 1.87. The molecule has 88 heavy (non-hydrogen) atoms. The van der Waals surface area contributed by atoms with Gasteiger partial charge in [0.25, 0.3) is 0 Å². The van der Waals surface area contributed by atoms with Crippen molar-refractivity contribution in [2.24, 2.45) is 54.6 Å². The molecule has 2 saturated carbocycles. The Kier molecular flexibility index (Phi) is 25.7. The van der Waals surface area contributed by atoms with Crippen LogP contribution in [0.15, 0.2) is 20.2 Å². The maximum Gasteiger partial charge on any atom is 0.188 e. The third-order valence-corrected chi connectivity index (χ3v) is 16.5. The maximum absolute atomic E-state index is 12.4. The summed E-state index contributed by atoms with van der Waals surface area (Å²) in [5, 5.41) is 190. The monoisotopic (exact) mass is 1270 g/mol. The molecule has 30 atom stereocenters. The number of ether oxygens (including phenoxy) is 8. The Morgan fingerprint density at radius 1 is 0.477 bits per heavy atom. The maximum atomic E-state index is 12.4. The van der Waals surface area contributed by atoms with Crippen molar-refractivity contribution in [1.82, 2.24) is 32.1 Å². The highest BCUT2D eigenvalue weighted by Gasteiger charge is 2.63. The molecule has 0 aromatic rings. The van der Waals surface area contributed by atoms with E-state index in [1.165, 1.54) is 27.9 Å². The number of nitrogens with zero attached hydrogens (tertiary/aromatic N) is 4. The number of guanidine groups is 4. The predicted octanol–water partition coefficient (Wildman–Crippen LogP) is -14.6. The molecule has 6 aliphatic rings. The highest BCUT2D eigenvalue weighted by Crippen LogP contribution is 2.41. The van der Waals surface area contributed by atoms with Crippen LogP contribution in [0, 0.1) is 10.8 Å². The SMILES string of the molecule is CNC1C(OC2C(OC3C(O)C(O)C(N=C(N)N)C(O)C3NC(=N)N)OC(C)C2(O)C=NNCCCCCCNN=CC2(O)C(C)OC(OC3C(O)C(O)C(N=C(N)N)C(O)C3NC(=N)N)C2OC2OC(CO)C(O)C(O)C2NC)OC(CO)C(O)C1O. The number of aliphatic imine (C=N–C) groups is 2. The molecule has 6 fully saturated rings. The van der Waals surface area contributed by atoms with Gasteiger partial charge in [-0.3, -0.25) is 10.8 Å². The van der Waals surface area contributed by atoms with E-state index in [0.29, 0.717) is 25.7 Å². The van der Waals surface area contributed by atoms with Gasteiger partial charge in [0.05, 0.1) is 62.0 Å². The quantitative estimate of drug-likeness (QED) is 0.0157. The molecule has 4 saturated heterocycles. The van der Waals surface area contributed by atoms with Crippen molar-refractivity contribution in [2.45, 2.75) is 222 Å². The van der Waals surface area contributed by atoms with Gasteiger partial charge in [-0.2, -0.15) is 10.2 Å². The van der Waals surface area contributed by atoms with Gasteiger partial charge in [0.15, 0.2) is 60.2 Å². The third-order valence-electron chi connectivity index (χ3n) is 16.5. The van der Waals surface area contributed by atoms with E-state index in [2.05, 4.69) is 52.3 Å². The van der Waals surface area contributed by atoms with Crippen LogP contribution in [0.5, 0.6) is 0 Å². The van der Waals surface area contributed by atoms with Gasteiger partial charge in [-0.25, -0.2) is 9.98 Å². The molecule has 34 N–H and O–H groups in total. The minimum Gasteiger partial charge on any atom is -0.394 e. The lowest BCUT2D eigenvalue weighted by atomic mass is 9.81. The lowest BCUT2D eigenvalue weighted by Gasteiger charge is -2.46. The smallest absolute Gasteiger partial charge is 0.188 e. The molecule has 0 radical (unpaired) electrons. The fourth-order valence-corrected chi connectivity index (χ4v) is 11.5. The number of nitrogens with two attached hydrogens (primary N) is 6. The molecule has 6 rings (SSSR count). The fourth-order valence-electron chi connectivity index (χ4n) is 11.5. The van der Waals surface area contributed by atoms with E-state index in [1.807, 2.05) is 0 Å². The first-order chi connectivity index (χ1) is 41.5. The van der Waals surface area contributed by atoms with E-state index < -0.39 is 220 Å². The second kappa shape index (κ2) is 31.4. The predicted molar refractivity (Wildman–Crippen MR) is 304 cm³/mol. The summed E-state index contributed by atoms with van der Waals surface area (Å²) in [4.78, 5) is 7.65. The molecule has 40 nitrogen and oxygen atoms in total. The van der Waals surface area contributed by atoms with Gasteiger partial charge in [-0.1, -0.05) is 12.8 Å². The first-order valence-corrected chi connectivity index (χ1v) is 28.5. The van der Waals surface area contributed by atoms with Gasteiger partial charge >= 0.3 is 0 Å². The number of nitrogens with one attached hydrogen (secondary N) is 8. The number of aliphatic hydroxyl groups excluding tert-OH is 12. The number of likely N-dealkylation sites (N-methyl/N-ethyl adjacent to an activating group) is 2. The van der Waals surface area contributed by atoms with Crippen LogP contribution in [0.4, 0.5) is 0 Å². The molecular formula is C48H92N18O22. The number of hydrazone groups is 2. The molecule has 40 heteroatoms. The molecule has 2 aliphatic carbocycles. The number of aliphatic hydroxyl groups is 14. The van der Waals surface area contributed by atoms with Crippen molar-refractivity contribution in [3.8, 4) is 0 Å². The van der Waals surface area contributed by atoms with E-state index in [-0.39, 0.29) is 13.1 Å². The van der Waals surface area contributed by atoms with Crippen molar-refractivity contribution >= 4 is 36.3 Å². The zero-order valence-corrected chi connectivity index (χ0v) is 48.8. The van der Waals surface area contributed by atoms with Crippen LogP contribution >= 0.6 is 0 Å². The highest BCUT2D eigenvalue weighted by atomic mass is 16.8. The Labute approximate surface area is 504 Å². The zero-order valence-electron chi connectivity index (χ0n) is 48.8. The first kappa shape index (κ1) is 72.1. The van der Waals surface area contributed by atoms with E-state index in [0.717, 1.165) is 12.4 Å². The number of rotatable bonds is 27. The number of hydrogen-bond acceptors (Lipinski definition) is 32. The third kappa shape index (κ3) is 16.0. The Morgan fingerprint density at radius 2 is 0.830 bits per heavy atom. The van der Waals surface area contributed by atoms with Crippen LogP contribution in [0.25, 0.3) is 0 Å². The zero-order chi connectivity index (χ0) is 65.3. The minimum absolute atomic E-state index is 0.260. The van der Waals surface area contributed by atoms with Crippen molar-refractivity contribution in [1.29, 1.82) is 10.8 Å². The number of hydrogen-bond donors (Lipinski definition) is 28. The normalized spacial score (nSPS) is 44.6. The summed E-state index contributed by atoms with van der Waals surface area (Å²) in [5.74, 6) is -2.46. The summed E-state index contributed by atoms with van der Waals surface area (Å²) < 4.78 is 48.7. The van der Waals surface area contributed by atoms with E-state index in [4.69, 9.17) is 83.1 Å². The summed E-state index contributed by atoms with van der Waals surface area (Å²) in [7, 11) is 2.85. The summed E-state index contributed by atoms with van der Waals surface area (Å²) in [6, 6.07) is -8.44. The summed E-state index contributed by atoms with van der Waals surface area (Å²) in [5.41, 5.74) is 34.6. The lowest BCUT2D eigenvalue weighted by Crippen LogP contribution is -2.70. The van der Waals surface area contributed by atoms with Crippen molar-refractivity contribution < 1.29 is 109 Å². The molecular weight excluding hydrogens is 1180 g/mol. The Balaban J connectivity index is 1.11. The van der Waals surface area contributed by atoms with Crippen LogP contribution in [0.1, 0.15) is 39.5 Å². The molecule has 0 aromatic carbocycles. The standard InChI is InChI=1S/C48H92N18O22/c1-15-47(79,37(87-39-23(57-3)31(75)25(69)17(11-67)83-39)41(81-15)85-35-21(65-45(53)54)27(71)19(63-43(49)50)29(73)33(35)77)13-61-59-9-7-5-6-8-10-60-62-14-48(80)16(2)82-42(38(48)88-40-24(58-4)32(76)26(70)18(12-68)84-40)86-36-22(66-46(55)56)28(72)20(64-44(51)52)30(74)34(36)78/h13-42,57-60,67-80H,5-12H2,1-4H3,(H4,49,50,63)(H4,51,52,64)(H4,53,54,65)(H4,55,56,66). The Morgan fingerprint density at radius 3 is 1.14 bits per heavy atom. The fraction of sp³-hybridized carbons (Fsp3) is 0.875. The average Bonchev–Trinajstić information content (AvgIpc) is 1.77. The van der Waals surface area contributed by atoms with Crippen LogP contribution in [-0.2, 0) is 37.9 Å². The van der Waals surface area contributed by atoms with Crippen LogP contribution in [0.2, 0.25) is 0 Å². The molecule has 30 unspecified atom stereocenters. The van der Waals surface area contributed by atoms with Crippen LogP contribution in [-0.4, -0.2) is 331 Å². The van der Waals surface area contributed by atoms with Gasteiger partial charge in [0, 0.05) is 13.1 Å². The van der Waals surface area contributed by atoms with Crippen LogP contribution in [0.3, 0.4) is 0 Å². The van der Waals surface area contributed by atoms with E-state index >= 15 is 0 Å². The summed E-state index contributed by atoms with van der Waals surface area (Å²) >= 11 is 0. The first-order valence-electron chi connectivity index (χ1n) is 28.5. The minimum atomic E-state index is -2.24. The molecule has 0 amide bonds. The van der Waals surface area contributed by atoms with E-state index in [9.17, 15) is 71.5 Å². The highest BCUT2D eigenvalue weighted by molar-refractivity contribution is 5.77. The van der Waals surface area contributed by atoms with Crippen LogP contribution < -0.4 is 66.5 Å². The molecule has 0 spiro atoms. The van der Waals surface area contributed by atoms with E-state index in [1.54, 1.807) is 0 Å². The topological polar surface area (TPSA) is 683 Å². The Hall–Kier alpha value is -4.94. The largest absolute Gasteiger partial charge is 0.394 e. The van der Waals surface area contributed by atoms with Gasteiger partial charge in [-0.15, -0.1) is 0 Å². The van der Waals surface area contributed by atoms with Gasteiger partial charge in [0.1, 0.15) is 110 Å². The Bertz CT molecular complexity index is 2210. The van der Waals surface area contributed by atoms with Gasteiger partial charge in [0.2, 0.25) is 0 Å². The second-order valence-corrected chi connectivity index (χ2v) is 22.4. The molecule has 0 bridgehead atoms. The van der Waals surface area contributed by atoms with Gasteiger partial charge < -0.3 is 176 Å². The molecule has 0 aromatic heterocycles. The molecule has 4 heterocycles. The van der Waals surface area contributed by atoms with Crippen molar-refractivity contribution in [2.75, 3.05) is 40.4 Å². The molecule has 506 valence electrons. The second-order valence-electron chi connectivity index (χ2n) is 22.4. The summed E-state index contributed by atoms with van der Waals surface area (Å²) in [6.07, 6.45) is -31.4. The van der Waals surface area contributed by atoms with Gasteiger partial charge in [-0.05, 0) is 40.8 Å². The average molecular weight is 1270 g/mol. The molecule has 4 aliphatic heterocycles.